The molecule has 0 unspecified atom stereocenters. The lowest BCUT2D eigenvalue weighted by atomic mass is 10.2. The zero-order valence-corrected chi connectivity index (χ0v) is 11.2. The van der Waals surface area contributed by atoms with E-state index in [1.165, 1.54) is 5.56 Å². The number of hydrogen-bond donors (Lipinski definition) is 2. The number of aryl methyl sites for hydroxylation is 1. The Morgan fingerprint density at radius 1 is 1.00 bits per heavy atom. The molecule has 0 aliphatic carbocycles. The molecule has 0 atom stereocenters. The van der Waals surface area contributed by atoms with Crippen molar-refractivity contribution >= 4 is 5.69 Å². The average molecular weight is 256 g/mol. The molecule has 0 aliphatic heterocycles. The minimum Gasteiger partial charge on any atom is -0.492 e. The molecule has 3 N–H and O–H groups in total. The van der Waals surface area contributed by atoms with Gasteiger partial charge in [0.15, 0.2) is 0 Å². The summed E-state index contributed by atoms with van der Waals surface area (Å²) in [6, 6.07) is 16.2. The van der Waals surface area contributed by atoms with E-state index in [0.29, 0.717) is 13.2 Å². The van der Waals surface area contributed by atoms with Gasteiger partial charge in [-0.15, -0.1) is 0 Å². The van der Waals surface area contributed by atoms with Gasteiger partial charge in [0.05, 0.1) is 0 Å². The Balaban J connectivity index is 1.72. The van der Waals surface area contributed by atoms with E-state index in [9.17, 15) is 0 Å². The molecule has 2 aromatic rings. The third-order valence-corrected chi connectivity index (χ3v) is 2.91. The lowest BCUT2D eigenvalue weighted by Crippen LogP contribution is -2.11. The monoisotopic (exact) mass is 256 g/mol. The van der Waals surface area contributed by atoms with Crippen LogP contribution in [0.3, 0.4) is 0 Å². The second-order valence-corrected chi connectivity index (χ2v) is 4.49. The molecule has 0 heterocycles. The molecule has 0 saturated carbocycles. The molecule has 19 heavy (non-hydrogen) atoms. The van der Waals surface area contributed by atoms with Crippen LogP contribution in [-0.2, 0) is 6.54 Å². The molecule has 0 spiro atoms. The summed E-state index contributed by atoms with van der Waals surface area (Å²) in [5.41, 5.74) is 9.05. The third kappa shape index (κ3) is 4.30. The second-order valence-electron chi connectivity index (χ2n) is 4.49. The average Bonchev–Trinajstić information content (AvgIpc) is 2.46. The van der Waals surface area contributed by atoms with Crippen molar-refractivity contribution in [2.45, 2.75) is 13.5 Å². The van der Waals surface area contributed by atoms with Gasteiger partial charge in [-0.2, -0.15) is 0 Å². The number of nitrogens with two attached hydrogens (primary N) is 1. The molecule has 0 bridgehead atoms. The third-order valence-electron chi connectivity index (χ3n) is 2.91. The molecule has 0 radical (unpaired) electrons. The molecule has 3 nitrogen and oxygen atoms in total. The summed E-state index contributed by atoms with van der Waals surface area (Å²) in [4.78, 5) is 0. The lowest BCUT2D eigenvalue weighted by molar-refractivity contribution is 0.333. The molecule has 2 rings (SSSR count). The number of benzene rings is 2. The number of anilines is 1. The van der Waals surface area contributed by atoms with Crippen molar-refractivity contribution in [3.05, 3.63) is 59.7 Å². The van der Waals surface area contributed by atoms with Crippen molar-refractivity contribution in [2.24, 2.45) is 5.73 Å². The van der Waals surface area contributed by atoms with Crippen LogP contribution in [0.15, 0.2) is 48.5 Å². The minimum atomic E-state index is 0.565. The molecule has 0 amide bonds. The van der Waals surface area contributed by atoms with Gasteiger partial charge in [0.2, 0.25) is 0 Å². The second kappa shape index (κ2) is 6.81. The van der Waals surface area contributed by atoms with E-state index in [1.54, 1.807) is 0 Å². The first-order valence-corrected chi connectivity index (χ1v) is 6.50. The highest BCUT2D eigenvalue weighted by Crippen LogP contribution is 2.12. The Morgan fingerprint density at radius 3 is 2.32 bits per heavy atom. The normalized spacial score (nSPS) is 10.2. The number of nitrogens with one attached hydrogen (secondary N) is 1. The smallest absolute Gasteiger partial charge is 0.119 e. The maximum Gasteiger partial charge on any atom is 0.119 e. The van der Waals surface area contributed by atoms with Gasteiger partial charge in [0.1, 0.15) is 12.4 Å². The van der Waals surface area contributed by atoms with Gasteiger partial charge in [-0.1, -0.05) is 29.8 Å². The van der Waals surface area contributed by atoms with Crippen LogP contribution in [-0.4, -0.2) is 13.2 Å². The Bertz CT molecular complexity index is 491. The fraction of sp³-hybridized carbons (Fsp3) is 0.250. The predicted molar refractivity (Wildman–Crippen MR) is 79.5 cm³/mol. The number of ether oxygens (including phenoxy) is 1. The van der Waals surface area contributed by atoms with Crippen LogP contribution in [0, 0.1) is 6.92 Å². The number of hydrogen-bond acceptors (Lipinski definition) is 3. The highest BCUT2D eigenvalue weighted by molar-refractivity contribution is 5.44. The summed E-state index contributed by atoms with van der Waals surface area (Å²) in [5, 5.41) is 3.32. The van der Waals surface area contributed by atoms with Crippen LogP contribution in [0.1, 0.15) is 11.1 Å². The van der Waals surface area contributed by atoms with E-state index in [4.69, 9.17) is 10.5 Å². The Hall–Kier alpha value is -2.00. The van der Waals surface area contributed by atoms with Gasteiger partial charge < -0.3 is 15.8 Å². The Morgan fingerprint density at radius 2 is 1.68 bits per heavy atom. The summed E-state index contributed by atoms with van der Waals surface area (Å²) < 4.78 is 5.65. The SMILES string of the molecule is Cc1ccc(NCCOc2ccc(CN)cc2)cc1. The molecule has 0 aliphatic rings. The van der Waals surface area contributed by atoms with E-state index in [-0.39, 0.29) is 0 Å². The Labute approximate surface area is 114 Å². The standard InChI is InChI=1S/C16H20N2O/c1-13-2-6-15(7-3-13)18-10-11-19-16-8-4-14(12-17)5-9-16/h2-9,18H,10-12,17H2,1H3. The van der Waals surface area contributed by atoms with Gasteiger partial charge in [-0.25, -0.2) is 0 Å². The van der Waals surface area contributed by atoms with Crippen LogP contribution in [0.25, 0.3) is 0 Å². The van der Waals surface area contributed by atoms with Crippen molar-refractivity contribution in [2.75, 3.05) is 18.5 Å². The van der Waals surface area contributed by atoms with Crippen LogP contribution in [0.4, 0.5) is 5.69 Å². The summed E-state index contributed by atoms with van der Waals surface area (Å²) in [6.07, 6.45) is 0. The molecule has 0 saturated heterocycles. The van der Waals surface area contributed by atoms with Crippen LogP contribution >= 0.6 is 0 Å². The molecule has 100 valence electrons. The van der Waals surface area contributed by atoms with E-state index in [0.717, 1.165) is 23.5 Å². The van der Waals surface area contributed by atoms with Crippen molar-refractivity contribution in [1.82, 2.24) is 0 Å². The Kier molecular flexibility index (Phi) is 4.81. The van der Waals surface area contributed by atoms with Crippen LogP contribution in [0.5, 0.6) is 5.75 Å². The van der Waals surface area contributed by atoms with Gasteiger partial charge in [0.25, 0.3) is 0 Å². The number of rotatable bonds is 6. The summed E-state index contributed by atoms with van der Waals surface area (Å²) in [5.74, 6) is 0.878. The molecule has 0 aromatic heterocycles. The topological polar surface area (TPSA) is 47.3 Å². The zero-order valence-electron chi connectivity index (χ0n) is 11.2. The van der Waals surface area contributed by atoms with Crippen LogP contribution < -0.4 is 15.8 Å². The summed E-state index contributed by atoms with van der Waals surface area (Å²) >= 11 is 0. The maximum absolute atomic E-state index is 5.65. The fourth-order valence-corrected chi connectivity index (χ4v) is 1.76. The first-order chi connectivity index (χ1) is 9.28. The van der Waals surface area contributed by atoms with Gasteiger partial charge in [-0.3, -0.25) is 0 Å². The first-order valence-electron chi connectivity index (χ1n) is 6.50. The van der Waals surface area contributed by atoms with Crippen molar-refractivity contribution in [3.63, 3.8) is 0 Å². The van der Waals surface area contributed by atoms with Crippen molar-refractivity contribution in [1.29, 1.82) is 0 Å². The van der Waals surface area contributed by atoms with E-state index in [2.05, 4.69) is 36.5 Å². The van der Waals surface area contributed by atoms with Crippen molar-refractivity contribution < 1.29 is 4.74 Å². The first kappa shape index (κ1) is 13.4. The maximum atomic E-state index is 5.65. The van der Waals surface area contributed by atoms with E-state index >= 15 is 0 Å². The highest BCUT2D eigenvalue weighted by Gasteiger charge is 1.95. The largest absolute Gasteiger partial charge is 0.492 e. The van der Waals surface area contributed by atoms with Gasteiger partial charge in [-0.05, 0) is 36.8 Å². The molecular weight excluding hydrogens is 236 g/mol. The quantitative estimate of drug-likeness (QED) is 0.781. The minimum absolute atomic E-state index is 0.565. The predicted octanol–water partition coefficient (Wildman–Crippen LogP) is 2.94. The van der Waals surface area contributed by atoms with E-state index < -0.39 is 0 Å². The lowest BCUT2D eigenvalue weighted by Gasteiger charge is -2.09. The summed E-state index contributed by atoms with van der Waals surface area (Å²) in [7, 11) is 0. The fourth-order valence-electron chi connectivity index (χ4n) is 1.76. The highest BCUT2D eigenvalue weighted by atomic mass is 16.5. The van der Waals surface area contributed by atoms with Gasteiger partial charge in [0, 0.05) is 18.8 Å². The summed E-state index contributed by atoms with van der Waals surface area (Å²) in [6.45, 7) is 4.06. The van der Waals surface area contributed by atoms with Gasteiger partial charge >= 0.3 is 0 Å². The molecule has 0 fully saturated rings. The van der Waals surface area contributed by atoms with E-state index in [1.807, 2.05) is 24.3 Å². The molecular formula is C16H20N2O. The molecule has 2 aromatic carbocycles. The van der Waals surface area contributed by atoms with Crippen molar-refractivity contribution in [3.8, 4) is 5.75 Å². The molecule has 3 heteroatoms. The zero-order chi connectivity index (χ0) is 13.5. The van der Waals surface area contributed by atoms with Crippen LogP contribution in [0.2, 0.25) is 0 Å².